The number of hydrogen-bond donors (Lipinski definition) is 3. The van der Waals surface area contributed by atoms with Crippen LogP contribution < -0.4 is 5.06 Å². The molecule has 4 heteroatoms. The first-order valence-electron chi connectivity index (χ1n) is 7.63. The molecule has 1 saturated heterocycles. The molecular weight excluding hydrogens is 254 g/mol. The highest BCUT2D eigenvalue weighted by atomic mass is 16.5. The molecule has 1 heterocycles. The van der Waals surface area contributed by atoms with Gasteiger partial charge in [0.25, 0.3) is 0 Å². The molecule has 1 unspecified atom stereocenters. The Morgan fingerprint density at radius 3 is 3.00 bits per heavy atom. The first-order valence-corrected chi connectivity index (χ1v) is 7.63. The van der Waals surface area contributed by atoms with Crippen molar-refractivity contribution in [3.63, 3.8) is 0 Å². The van der Waals surface area contributed by atoms with Crippen molar-refractivity contribution >= 4 is 0 Å². The first kappa shape index (κ1) is 12.6. The highest BCUT2D eigenvalue weighted by Gasteiger charge is 2.56. The van der Waals surface area contributed by atoms with Crippen LogP contribution in [0.4, 0.5) is 0 Å². The van der Waals surface area contributed by atoms with Crippen LogP contribution in [0.3, 0.4) is 0 Å². The molecule has 0 amide bonds. The summed E-state index contributed by atoms with van der Waals surface area (Å²) in [6.07, 6.45) is 3.88. The molecule has 1 aliphatic heterocycles. The van der Waals surface area contributed by atoms with Crippen LogP contribution in [0.2, 0.25) is 0 Å². The molecule has 3 N–H and O–H groups in total. The van der Waals surface area contributed by atoms with E-state index in [1.165, 1.54) is 11.1 Å². The summed E-state index contributed by atoms with van der Waals surface area (Å²) in [6, 6.07) is 5.70. The van der Waals surface area contributed by atoms with Gasteiger partial charge in [-0.25, -0.2) is 0 Å². The number of rotatable bonds is 0. The maximum absolute atomic E-state index is 12.3. The van der Waals surface area contributed by atoms with Crippen molar-refractivity contribution < 1.29 is 15.3 Å². The molecule has 108 valence electrons. The van der Waals surface area contributed by atoms with E-state index in [1.807, 2.05) is 12.1 Å². The fraction of sp³-hybridized carbons (Fsp3) is 0.625. The van der Waals surface area contributed by atoms with Crippen molar-refractivity contribution in [1.29, 1.82) is 0 Å². The molecule has 1 saturated carbocycles. The maximum Gasteiger partial charge on any atom is 0.115 e. The Hall–Kier alpha value is -1.10. The Kier molecular flexibility index (Phi) is 2.65. The fourth-order valence-electron chi connectivity index (χ4n) is 5.10. The van der Waals surface area contributed by atoms with E-state index in [9.17, 15) is 15.4 Å². The minimum atomic E-state index is -0.270. The van der Waals surface area contributed by atoms with E-state index < -0.39 is 0 Å². The SMILES string of the molecule is [O-][NH+]1CC[C@]23C[C@H](O)CC[C@H]2[C@H]1Cc1ccc(O)cc13. The predicted octanol–water partition coefficient (Wildman–Crippen LogP) is 0.502. The van der Waals surface area contributed by atoms with E-state index in [1.54, 1.807) is 6.07 Å². The van der Waals surface area contributed by atoms with Gasteiger partial charge < -0.3 is 20.5 Å². The molecular formula is C16H21NO3. The van der Waals surface area contributed by atoms with Gasteiger partial charge >= 0.3 is 0 Å². The number of aliphatic hydroxyl groups is 1. The number of hydroxylamine groups is 2. The zero-order valence-corrected chi connectivity index (χ0v) is 11.5. The van der Waals surface area contributed by atoms with Crippen LogP contribution in [0, 0.1) is 11.1 Å². The lowest BCUT2D eigenvalue weighted by Crippen LogP contribution is -3.15. The average Bonchev–Trinajstić information content (AvgIpc) is 2.43. The summed E-state index contributed by atoms with van der Waals surface area (Å²) in [5.74, 6) is 0.661. The second kappa shape index (κ2) is 4.20. The van der Waals surface area contributed by atoms with Gasteiger partial charge in [0.05, 0.1) is 18.7 Å². The number of aliphatic hydroxyl groups excluding tert-OH is 1. The zero-order chi connectivity index (χ0) is 13.9. The maximum atomic E-state index is 12.3. The summed E-state index contributed by atoms with van der Waals surface area (Å²) in [5.41, 5.74) is 2.32. The summed E-state index contributed by atoms with van der Waals surface area (Å²) in [4.78, 5) is 0. The molecule has 2 bridgehead atoms. The molecule has 20 heavy (non-hydrogen) atoms. The van der Waals surface area contributed by atoms with Gasteiger partial charge in [0, 0.05) is 24.2 Å². The molecule has 0 spiro atoms. The normalized spacial score (nSPS) is 42.7. The van der Waals surface area contributed by atoms with Gasteiger partial charge in [0.15, 0.2) is 0 Å². The zero-order valence-electron chi connectivity index (χ0n) is 11.5. The van der Waals surface area contributed by atoms with Crippen LogP contribution in [0.5, 0.6) is 5.75 Å². The van der Waals surface area contributed by atoms with Crippen molar-refractivity contribution in [2.75, 3.05) is 6.54 Å². The van der Waals surface area contributed by atoms with Gasteiger partial charge in [0.1, 0.15) is 5.75 Å². The van der Waals surface area contributed by atoms with E-state index >= 15 is 0 Å². The number of piperidine rings is 1. The van der Waals surface area contributed by atoms with Crippen molar-refractivity contribution in [2.45, 2.75) is 49.7 Å². The Bertz CT molecular complexity index is 547. The Labute approximate surface area is 118 Å². The van der Waals surface area contributed by atoms with Crippen molar-refractivity contribution in [3.8, 4) is 5.75 Å². The predicted molar refractivity (Wildman–Crippen MR) is 74.4 cm³/mol. The number of quaternary nitrogens is 1. The second-order valence-corrected chi connectivity index (χ2v) is 6.82. The standard InChI is InChI=1S/C16H21NO3/c18-11-2-1-10-7-15-13-4-3-12(19)9-16(13,14(10)8-11)5-6-17(15)20/h1-2,8,12-13,15,17-19H,3-7,9H2/t12-,13+,15-,16+/m1/s1. The van der Waals surface area contributed by atoms with Gasteiger partial charge in [-0.3, -0.25) is 0 Å². The number of benzene rings is 1. The number of hydrogen-bond acceptors (Lipinski definition) is 3. The summed E-state index contributed by atoms with van der Waals surface area (Å²) in [6.45, 7) is 0.628. The topological polar surface area (TPSA) is 68.0 Å². The minimum Gasteiger partial charge on any atom is -0.634 e. The second-order valence-electron chi connectivity index (χ2n) is 6.82. The molecule has 4 rings (SSSR count). The van der Waals surface area contributed by atoms with Crippen LogP contribution >= 0.6 is 0 Å². The van der Waals surface area contributed by atoms with Crippen molar-refractivity contribution in [3.05, 3.63) is 34.5 Å². The molecule has 0 aromatic heterocycles. The summed E-state index contributed by atoms with van der Waals surface area (Å²) in [5, 5.41) is 32.7. The van der Waals surface area contributed by atoms with Crippen molar-refractivity contribution in [1.82, 2.24) is 0 Å². The number of phenolic OH excluding ortho intramolecular Hbond substituents is 1. The molecule has 2 aliphatic carbocycles. The Morgan fingerprint density at radius 1 is 1.30 bits per heavy atom. The highest BCUT2D eigenvalue weighted by molar-refractivity contribution is 5.44. The lowest BCUT2D eigenvalue weighted by Gasteiger charge is -2.58. The summed E-state index contributed by atoms with van der Waals surface area (Å²) < 4.78 is 0. The highest BCUT2D eigenvalue weighted by Crippen LogP contribution is 2.53. The number of aromatic hydroxyl groups is 1. The van der Waals surface area contributed by atoms with E-state index in [-0.39, 0.29) is 17.6 Å². The quantitative estimate of drug-likeness (QED) is 0.604. The molecule has 3 aliphatic rings. The van der Waals surface area contributed by atoms with Crippen LogP contribution in [0.15, 0.2) is 18.2 Å². The molecule has 2 fully saturated rings. The van der Waals surface area contributed by atoms with Gasteiger partial charge in [-0.1, -0.05) is 6.07 Å². The van der Waals surface area contributed by atoms with E-state index in [0.29, 0.717) is 23.3 Å². The van der Waals surface area contributed by atoms with Crippen molar-refractivity contribution in [2.24, 2.45) is 5.92 Å². The Balaban J connectivity index is 1.90. The molecule has 0 radical (unpaired) electrons. The third kappa shape index (κ3) is 1.59. The first-order chi connectivity index (χ1) is 9.60. The van der Waals surface area contributed by atoms with Crippen LogP contribution in [0.25, 0.3) is 0 Å². The number of nitrogens with one attached hydrogen (secondary N) is 1. The molecule has 5 atom stereocenters. The number of phenols is 1. The minimum absolute atomic E-state index is 0.0808. The van der Waals surface area contributed by atoms with Gasteiger partial charge in [-0.15, -0.1) is 0 Å². The molecule has 4 nitrogen and oxygen atoms in total. The molecule has 1 aromatic rings. The smallest absolute Gasteiger partial charge is 0.115 e. The monoisotopic (exact) mass is 275 g/mol. The Morgan fingerprint density at radius 2 is 2.15 bits per heavy atom. The van der Waals surface area contributed by atoms with E-state index in [4.69, 9.17) is 0 Å². The van der Waals surface area contributed by atoms with Crippen LogP contribution in [0.1, 0.15) is 36.8 Å². The lowest BCUT2D eigenvalue weighted by molar-refractivity contribution is -0.889. The number of fused-ring (bicyclic) bond motifs is 1. The van der Waals surface area contributed by atoms with Gasteiger partial charge in [-0.05, 0) is 42.5 Å². The van der Waals surface area contributed by atoms with Gasteiger partial charge in [0.2, 0.25) is 0 Å². The van der Waals surface area contributed by atoms with Crippen LogP contribution in [-0.4, -0.2) is 28.9 Å². The lowest BCUT2D eigenvalue weighted by atomic mass is 9.52. The van der Waals surface area contributed by atoms with Crippen LogP contribution in [-0.2, 0) is 11.8 Å². The third-order valence-electron chi connectivity index (χ3n) is 5.91. The van der Waals surface area contributed by atoms with Gasteiger partial charge in [-0.2, -0.15) is 0 Å². The fourth-order valence-corrected chi connectivity index (χ4v) is 5.10. The van der Waals surface area contributed by atoms with E-state index in [2.05, 4.69) is 0 Å². The average molecular weight is 275 g/mol. The molecule has 1 aromatic carbocycles. The largest absolute Gasteiger partial charge is 0.634 e. The summed E-state index contributed by atoms with van der Waals surface area (Å²) >= 11 is 0. The third-order valence-corrected chi connectivity index (χ3v) is 5.91. The summed E-state index contributed by atoms with van der Waals surface area (Å²) in [7, 11) is 0. The van der Waals surface area contributed by atoms with E-state index in [0.717, 1.165) is 32.1 Å².